The van der Waals surface area contributed by atoms with Crippen LogP contribution in [0.25, 0.3) is 0 Å². The number of esters is 1. The van der Waals surface area contributed by atoms with Gasteiger partial charge in [0, 0.05) is 17.5 Å². The van der Waals surface area contributed by atoms with Crippen LogP contribution in [-0.4, -0.2) is 35.1 Å². The van der Waals surface area contributed by atoms with Gasteiger partial charge in [0.25, 0.3) is 0 Å². The van der Waals surface area contributed by atoms with Crippen molar-refractivity contribution in [2.45, 2.75) is 37.5 Å². The molecule has 1 aromatic rings. The van der Waals surface area contributed by atoms with E-state index >= 15 is 0 Å². The molecule has 1 aromatic heterocycles. The number of hydrogen-bond donors (Lipinski definition) is 1. The van der Waals surface area contributed by atoms with Crippen LogP contribution in [0.5, 0.6) is 0 Å². The molecule has 1 aliphatic rings. The number of hydrogen-bond acceptors (Lipinski definition) is 5. The van der Waals surface area contributed by atoms with Crippen LogP contribution in [-0.2, 0) is 4.74 Å². The van der Waals surface area contributed by atoms with Gasteiger partial charge in [-0.2, -0.15) is 11.8 Å². The van der Waals surface area contributed by atoms with E-state index in [1.54, 1.807) is 19.2 Å². The molecule has 0 bridgehead atoms. The molecule has 2 atom stereocenters. The van der Waals surface area contributed by atoms with Crippen LogP contribution in [0, 0.1) is 0 Å². The summed E-state index contributed by atoms with van der Waals surface area (Å²) >= 11 is 1.91. The van der Waals surface area contributed by atoms with Crippen LogP contribution in [0.3, 0.4) is 0 Å². The minimum atomic E-state index is -0.315. The molecular weight excluding hydrogens is 260 g/mol. The number of ether oxygens (including phenoxy) is 1. The third-order valence-corrected chi connectivity index (χ3v) is 4.53. The lowest BCUT2D eigenvalue weighted by atomic mass is 10.2. The van der Waals surface area contributed by atoms with Gasteiger partial charge in [0.2, 0.25) is 0 Å². The van der Waals surface area contributed by atoms with E-state index in [1.165, 1.54) is 19.3 Å². The number of rotatable bonds is 5. The predicted octanol–water partition coefficient (Wildman–Crippen LogP) is 2.95. The third-order valence-electron chi connectivity index (χ3n) is 3.36. The zero-order valence-corrected chi connectivity index (χ0v) is 12.2. The molecule has 1 heterocycles. The number of carbonyl (C=O) groups excluding carboxylic acids is 1. The second-order valence-electron chi connectivity index (χ2n) is 4.61. The normalized spacial score (nSPS) is 22.2. The molecule has 2 unspecified atom stereocenters. The zero-order chi connectivity index (χ0) is 13.7. The Bertz CT molecular complexity index is 422. The molecule has 1 saturated carbocycles. The van der Waals surface area contributed by atoms with Crippen LogP contribution in [0.15, 0.2) is 18.3 Å². The van der Waals surface area contributed by atoms with Gasteiger partial charge in [0.05, 0.1) is 12.2 Å². The van der Waals surface area contributed by atoms with Gasteiger partial charge in [-0.3, -0.25) is 0 Å². The highest BCUT2D eigenvalue weighted by atomic mass is 32.2. The number of aromatic nitrogens is 1. The van der Waals surface area contributed by atoms with E-state index in [1.807, 2.05) is 17.8 Å². The Morgan fingerprint density at radius 2 is 2.37 bits per heavy atom. The first-order valence-corrected chi connectivity index (χ1v) is 7.96. The van der Waals surface area contributed by atoms with E-state index < -0.39 is 0 Å². The first-order chi connectivity index (χ1) is 9.24. The number of nitrogens with one attached hydrogen (secondary N) is 1. The van der Waals surface area contributed by atoms with Gasteiger partial charge in [0.15, 0.2) is 0 Å². The molecule has 0 aromatic carbocycles. The quantitative estimate of drug-likeness (QED) is 0.840. The minimum absolute atomic E-state index is 0.315. The van der Waals surface area contributed by atoms with E-state index in [9.17, 15) is 4.79 Å². The molecule has 0 aliphatic heterocycles. The molecule has 4 nitrogen and oxygen atoms in total. The number of anilines is 1. The zero-order valence-electron chi connectivity index (χ0n) is 11.4. The van der Waals surface area contributed by atoms with Crippen LogP contribution in [0.4, 0.5) is 5.82 Å². The largest absolute Gasteiger partial charge is 0.462 e. The van der Waals surface area contributed by atoms with Gasteiger partial charge in [-0.25, -0.2) is 9.78 Å². The van der Waals surface area contributed by atoms with Gasteiger partial charge in [-0.05, 0) is 38.2 Å². The summed E-state index contributed by atoms with van der Waals surface area (Å²) in [6, 6.07) is 4.09. The SMILES string of the molecule is CCOC(=O)c1ccc(NC2CCCC2SC)nc1. The van der Waals surface area contributed by atoms with Gasteiger partial charge >= 0.3 is 5.97 Å². The lowest BCUT2D eigenvalue weighted by molar-refractivity contribution is 0.0526. The van der Waals surface area contributed by atoms with Gasteiger partial charge < -0.3 is 10.1 Å². The van der Waals surface area contributed by atoms with Gasteiger partial charge in [-0.15, -0.1) is 0 Å². The summed E-state index contributed by atoms with van der Waals surface area (Å²) in [5, 5.41) is 4.11. The summed E-state index contributed by atoms with van der Waals surface area (Å²) in [4.78, 5) is 15.8. The maximum atomic E-state index is 11.5. The summed E-state index contributed by atoms with van der Waals surface area (Å²) in [5.74, 6) is 0.517. The van der Waals surface area contributed by atoms with Crippen molar-refractivity contribution in [3.8, 4) is 0 Å². The molecule has 0 radical (unpaired) electrons. The molecule has 1 aliphatic carbocycles. The lowest BCUT2D eigenvalue weighted by Crippen LogP contribution is -2.26. The van der Waals surface area contributed by atoms with Crippen molar-refractivity contribution in [1.29, 1.82) is 0 Å². The number of pyridine rings is 1. The predicted molar refractivity (Wildman–Crippen MR) is 78.8 cm³/mol. The van der Waals surface area contributed by atoms with Crippen LogP contribution >= 0.6 is 11.8 Å². The minimum Gasteiger partial charge on any atom is -0.462 e. The van der Waals surface area contributed by atoms with Crippen molar-refractivity contribution in [2.75, 3.05) is 18.2 Å². The van der Waals surface area contributed by atoms with E-state index in [2.05, 4.69) is 16.6 Å². The number of thioether (sulfide) groups is 1. The smallest absolute Gasteiger partial charge is 0.339 e. The fraction of sp³-hybridized carbons (Fsp3) is 0.571. The fourth-order valence-corrected chi connectivity index (χ4v) is 3.31. The first kappa shape index (κ1) is 14.2. The maximum Gasteiger partial charge on any atom is 0.339 e. The Hall–Kier alpha value is -1.23. The lowest BCUT2D eigenvalue weighted by Gasteiger charge is -2.19. The Labute approximate surface area is 118 Å². The fourth-order valence-electron chi connectivity index (χ4n) is 2.38. The summed E-state index contributed by atoms with van der Waals surface area (Å²) < 4.78 is 4.93. The molecule has 1 fully saturated rings. The molecule has 0 amide bonds. The summed E-state index contributed by atoms with van der Waals surface area (Å²) in [7, 11) is 0. The molecule has 5 heteroatoms. The Balaban J connectivity index is 1.97. The summed E-state index contributed by atoms with van der Waals surface area (Å²) in [6.07, 6.45) is 7.45. The molecule has 0 spiro atoms. The van der Waals surface area contributed by atoms with Crippen LogP contribution in [0.1, 0.15) is 36.5 Å². The molecule has 104 valence electrons. The van der Waals surface area contributed by atoms with Crippen LogP contribution in [0.2, 0.25) is 0 Å². The van der Waals surface area contributed by atoms with Gasteiger partial charge in [0.1, 0.15) is 5.82 Å². The molecule has 19 heavy (non-hydrogen) atoms. The first-order valence-electron chi connectivity index (χ1n) is 6.67. The topological polar surface area (TPSA) is 51.2 Å². The van der Waals surface area contributed by atoms with Crippen molar-refractivity contribution in [2.24, 2.45) is 0 Å². The van der Waals surface area contributed by atoms with Crippen molar-refractivity contribution in [1.82, 2.24) is 4.98 Å². The van der Waals surface area contributed by atoms with Crippen molar-refractivity contribution >= 4 is 23.5 Å². The van der Waals surface area contributed by atoms with E-state index in [4.69, 9.17) is 4.74 Å². The Morgan fingerprint density at radius 1 is 1.53 bits per heavy atom. The second kappa shape index (κ2) is 6.80. The van der Waals surface area contributed by atoms with E-state index in [-0.39, 0.29) is 5.97 Å². The highest BCUT2D eigenvalue weighted by molar-refractivity contribution is 7.99. The van der Waals surface area contributed by atoms with Gasteiger partial charge in [-0.1, -0.05) is 6.42 Å². The average molecular weight is 280 g/mol. The molecule has 1 N–H and O–H groups in total. The Morgan fingerprint density at radius 3 is 3.00 bits per heavy atom. The summed E-state index contributed by atoms with van der Waals surface area (Å²) in [6.45, 7) is 2.18. The Kier molecular flexibility index (Phi) is 5.07. The highest BCUT2D eigenvalue weighted by Crippen LogP contribution is 2.30. The standard InChI is InChI=1S/C14H20N2O2S/c1-3-18-14(17)10-7-8-13(15-9-10)16-11-5-4-6-12(11)19-2/h7-9,11-12H,3-6H2,1-2H3,(H,15,16). The monoisotopic (exact) mass is 280 g/mol. The number of nitrogens with zero attached hydrogens (tertiary/aromatic N) is 1. The van der Waals surface area contributed by atoms with E-state index in [0.717, 1.165) is 5.82 Å². The van der Waals surface area contributed by atoms with E-state index in [0.29, 0.717) is 23.5 Å². The molecule has 0 saturated heterocycles. The maximum absolute atomic E-state index is 11.5. The highest BCUT2D eigenvalue weighted by Gasteiger charge is 2.26. The molecule has 2 rings (SSSR count). The second-order valence-corrected chi connectivity index (χ2v) is 5.69. The average Bonchev–Trinajstić information content (AvgIpc) is 2.87. The molecular formula is C14H20N2O2S. The number of carbonyl (C=O) groups is 1. The summed E-state index contributed by atoms with van der Waals surface area (Å²) in [5.41, 5.74) is 0.500. The van der Waals surface area contributed by atoms with Crippen molar-refractivity contribution in [3.63, 3.8) is 0 Å². The van der Waals surface area contributed by atoms with Crippen LogP contribution < -0.4 is 5.32 Å². The van der Waals surface area contributed by atoms with Crippen molar-refractivity contribution < 1.29 is 9.53 Å². The van der Waals surface area contributed by atoms with Crippen molar-refractivity contribution in [3.05, 3.63) is 23.9 Å². The third kappa shape index (κ3) is 3.62.